The number of benzene rings is 1. The predicted octanol–water partition coefficient (Wildman–Crippen LogP) is 1.95. The van der Waals surface area contributed by atoms with Crippen LogP contribution in [0.2, 0.25) is 0 Å². The third-order valence-electron chi connectivity index (χ3n) is 2.41. The molecular formula is C11H13F2NO2. The molecule has 1 aliphatic rings. The molecule has 0 bridgehead atoms. The van der Waals surface area contributed by atoms with Crippen molar-refractivity contribution < 1.29 is 18.3 Å². The van der Waals surface area contributed by atoms with Crippen LogP contribution in [-0.2, 0) is 4.74 Å². The summed E-state index contributed by atoms with van der Waals surface area (Å²) < 4.78 is 33.7. The summed E-state index contributed by atoms with van der Waals surface area (Å²) in [6.07, 6.45) is 0. The maximum atomic E-state index is 12.0. The van der Waals surface area contributed by atoms with Crippen LogP contribution >= 0.6 is 0 Å². The summed E-state index contributed by atoms with van der Waals surface area (Å²) in [7, 11) is 0. The second-order valence-corrected chi connectivity index (χ2v) is 3.53. The minimum atomic E-state index is -2.79. The highest BCUT2D eigenvalue weighted by molar-refractivity contribution is 5.30. The van der Waals surface area contributed by atoms with E-state index in [0.717, 1.165) is 12.1 Å². The Labute approximate surface area is 92.4 Å². The third kappa shape index (κ3) is 2.90. The van der Waals surface area contributed by atoms with Gasteiger partial charge in [-0.25, -0.2) is 0 Å². The average molecular weight is 229 g/mol. The fraction of sp³-hybridized carbons (Fsp3) is 0.455. The van der Waals surface area contributed by atoms with Gasteiger partial charge < -0.3 is 14.8 Å². The van der Waals surface area contributed by atoms with Crippen molar-refractivity contribution in [2.24, 2.45) is 0 Å². The number of rotatable bonds is 3. The lowest BCUT2D eigenvalue weighted by Gasteiger charge is -2.24. The van der Waals surface area contributed by atoms with Crippen molar-refractivity contribution in [1.29, 1.82) is 0 Å². The molecule has 1 heterocycles. The lowest BCUT2D eigenvalue weighted by molar-refractivity contribution is -0.0499. The zero-order valence-corrected chi connectivity index (χ0v) is 8.66. The second-order valence-electron chi connectivity index (χ2n) is 3.53. The van der Waals surface area contributed by atoms with Crippen molar-refractivity contribution in [3.8, 4) is 5.75 Å². The molecule has 0 aliphatic carbocycles. The zero-order chi connectivity index (χ0) is 11.4. The van der Waals surface area contributed by atoms with Crippen LogP contribution in [0.25, 0.3) is 0 Å². The fourth-order valence-corrected chi connectivity index (χ4v) is 1.69. The van der Waals surface area contributed by atoms with Gasteiger partial charge in [-0.2, -0.15) is 8.78 Å². The normalized spacial score (nSPS) is 21.1. The minimum Gasteiger partial charge on any atom is -0.435 e. The van der Waals surface area contributed by atoms with Crippen molar-refractivity contribution in [2.45, 2.75) is 12.7 Å². The SMILES string of the molecule is FC(F)Oc1cccc([C@@H]2COCCN2)c1. The number of alkyl halides is 2. The van der Waals surface area contributed by atoms with Gasteiger partial charge in [0.25, 0.3) is 0 Å². The first-order valence-electron chi connectivity index (χ1n) is 5.11. The van der Waals surface area contributed by atoms with E-state index in [0.29, 0.717) is 13.2 Å². The molecule has 1 N–H and O–H groups in total. The van der Waals surface area contributed by atoms with E-state index < -0.39 is 6.61 Å². The predicted molar refractivity (Wildman–Crippen MR) is 54.6 cm³/mol. The number of halogens is 2. The van der Waals surface area contributed by atoms with Crippen LogP contribution in [0.3, 0.4) is 0 Å². The van der Waals surface area contributed by atoms with Crippen LogP contribution in [0.15, 0.2) is 24.3 Å². The lowest BCUT2D eigenvalue weighted by atomic mass is 10.1. The number of ether oxygens (including phenoxy) is 2. The Hall–Kier alpha value is -1.20. The van der Waals surface area contributed by atoms with Crippen LogP contribution in [0, 0.1) is 0 Å². The van der Waals surface area contributed by atoms with Crippen LogP contribution in [0.5, 0.6) is 5.75 Å². The molecule has 3 nitrogen and oxygen atoms in total. The van der Waals surface area contributed by atoms with Crippen LogP contribution < -0.4 is 10.1 Å². The summed E-state index contributed by atoms with van der Waals surface area (Å²) in [6, 6.07) is 6.74. The van der Waals surface area contributed by atoms with E-state index in [1.807, 2.05) is 6.07 Å². The molecule has 2 rings (SSSR count). The molecule has 1 aromatic carbocycles. The van der Waals surface area contributed by atoms with Gasteiger partial charge in [-0.3, -0.25) is 0 Å². The van der Waals surface area contributed by atoms with Gasteiger partial charge in [0.05, 0.1) is 19.3 Å². The lowest BCUT2D eigenvalue weighted by Crippen LogP contribution is -2.34. The Kier molecular flexibility index (Phi) is 3.69. The summed E-state index contributed by atoms with van der Waals surface area (Å²) in [4.78, 5) is 0. The molecule has 0 spiro atoms. The molecule has 5 heteroatoms. The molecule has 88 valence electrons. The van der Waals surface area contributed by atoms with Gasteiger partial charge in [-0.15, -0.1) is 0 Å². The summed E-state index contributed by atoms with van der Waals surface area (Å²) in [5.41, 5.74) is 0.901. The molecule has 1 fully saturated rings. The van der Waals surface area contributed by atoms with E-state index in [-0.39, 0.29) is 11.8 Å². The van der Waals surface area contributed by atoms with E-state index in [4.69, 9.17) is 4.74 Å². The maximum absolute atomic E-state index is 12.0. The van der Waals surface area contributed by atoms with Gasteiger partial charge in [0.1, 0.15) is 5.75 Å². The van der Waals surface area contributed by atoms with Crippen molar-refractivity contribution in [1.82, 2.24) is 5.32 Å². The first-order valence-corrected chi connectivity index (χ1v) is 5.11. The molecular weight excluding hydrogens is 216 g/mol. The average Bonchev–Trinajstić information content (AvgIpc) is 2.30. The van der Waals surface area contributed by atoms with E-state index in [1.165, 1.54) is 6.07 Å². The summed E-state index contributed by atoms with van der Waals surface area (Å²) in [6.45, 7) is -0.780. The van der Waals surface area contributed by atoms with Gasteiger partial charge >= 0.3 is 6.61 Å². The standard InChI is InChI=1S/C11H13F2NO2/c12-11(13)16-9-3-1-2-8(6-9)10-7-15-5-4-14-10/h1-3,6,10-11,14H,4-5,7H2/t10-/m0/s1. The smallest absolute Gasteiger partial charge is 0.387 e. The monoisotopic (exact) mass is 229 g/mol. The first kappa shape index (κ1) is 11.3. The van der Waals surface area contributed by atoms with Crippen molar-refractivity contribution in [3.63, 3.8) is 0 Å². The molecule has 0 radical (unpaired) electrons. The second kappa shape index (κ2) is 5.23. The molecule has 0 saturated carbocycles. The van der Waals surface area contributed by atoms with Gasteiger partial charge in [-0.1, -0.05) is 12.1 Å². The quantitative estimate of drug-likeness (QED) is 0.859. The van der Waals surface area contributed by atoms with Gasteiger partial charge in [0.2, 0.25) is 0 Å². The topological polar surface area (TPSA) is 30.5 Å². The Bertz CT molecular complexity index is 341. The largest absolute Gasteiger partial charge is 0.435 e. The van der Waals surface area contributed by atoms with Crippen molar-refractivity contribution in [3.05, 3.63) is 29.8 Å². The summed E-state index contributed by atoms with van der Waals surface area (Å²) in [5.74, 6) is 0.180. The highest BCUT2D eigenvalue weighted by Crippen LogP contribution is 2.22. The zero-order valence-electron chi connectivity index (χ0n) is 8.66. The fourth-order valence-electron chi connectivity index (χ4n) is 1.69. The summed E-state index contributed by atoms with van der Waals surface area (Å²) >= 11 is 0. The minimum absolute atomic E-state index is 0.0509. The van der Waals surface area contributed by atoms with Crippen molar-refractivity contribution >= 4 is 0 Å². The Morgan fingerprint density at radius 3 is 3.00 bits per heavy atom. The van der Waals surface area contributed by atoms with Crippen molar-refractivity contribution in [2.75, 3.05) is 19.8 Å². The Balaban J connectivity index is 2.08. The van der Waals surface area contributed by atoms with E-state index in [9.17, 15) is 8.78 Å². The third-order valence-corrected chi connectivity index (χ3v) is 2.41. The van der Waals surface area contributed by atoms with E-state index in [1.54, 1.807) is 12.1 Å². The van der Waals surface area contributed by atoms with Crippen LogP contribution in [0.1, 0.15) is 11.6 Å². The van der Waals surface area contributed by atoms with Crippen LogP contribution in [-0.4, -0.2) is 26.4 Å². The molecule has 1 aliphatic heterocycles. The van der Waals surface area contributed by atoms with Gasteiger partial charge in [0, 0.05) is 6.54 Å². The number of hydrogen-bond donors (Lipinski definition) is 1. The molecule has 16 heavy (non-hydrogen) atoms. The first-order chi connectivity index (χ1) is 7.75. The molecule has 0 amide bonds. The molecule has 0 unspecified atom stereocenters. The number of morpholine rings is 1. The molecule has 1 saturated heterocycles. The van der Waals surface area contributed by atoms with Gasteiger partial charge in [0.15, 0.2) is 0 Å². The maximum Gasteiger partial charge on any atom is 0.387 e. The number of hydrogen-bond acceptors (Lipinski definition) is 3. The summed E-state index contributed by atoms with van der Waals surface area (Å²) in [5, 5.41) is 3.25. The van der Waals surface area contributed by atoms with Crippen LogP contribution in [0.4, 0.5) is 8.78 Å². The molecule has 0 aromatic heterocycles. The Morgan fingerprint density at radius 1 is 1.44 bits per heavy atom. The van der Waals surface area contributed by atoms with E-state index >= 15 is 0 Å². The highest BCUT2D eigenvalue weighted by Gasteiger charge is 2.16. The molecule has 1 aromatic rings. The Morgan fingerprint density at radius 2 is 2.31 bits per heavy atom. The molecule has 1 atom stereocenters. The number of nitrogens with one attached hydrogen (secondary N) is 1. The van der Waals surface area contributed by atoms with E-state index in [2.05, 4.69) is 10.1 Å². The van der Waals surface area contributed by atoms with Gasteiger partial charge in [-0.05, 0) is 17.7 Å². The highest BCUT2D eigenvalue weighted by atomic mass is 19.3.